The van der Waals surface area contributed by atoms with Crippen LogP contribution in [-0.2, 0) is 0 Å². The Bertz CT molecular complexity index is 851. The van der Waals surface area contributed by atoms with Crippen molar-refractivity contribution in [1.29, 1.82) is 0 Å². The van der Waals surface area contributed by atoms with Gasteiger partial charge in [-0.05, 0) is 32.0 Å². The molecule has 2 N–H and O–H groups in total. The van der Waals surface area contributed by atoms with Crippen LogP contribution in [0.15, 0.2) is 48.5 Å². The lowest BCUT2D eigenvalue weighted by molar-refractivity contribution is 0.0976. The number of aromatic amines is 1. The maximum Gasteiger partial charge on any atom is 0.187 e. The molecule has 1 aromatic heterocycles. The molecule has 1 atom stereocenters. The maximum atomic E-state index is 12.9. The van der Waals surface area contributed by atoms with Gasteiger partial charge in [-0.3, -0.25) is 4.79 Å². The van der Waals surface area contributed by atoms with E-state index in [1.807, 2.05) is 62.4 Å². The number of benzene rings is 2. The molecule has 2 aromatic carbocycles. The molecule has 0 aliphatic heterocycles. The van der Waals surface area contributed by atoms with Gasteiger partial charge in [0.2, 0.25) is 0 Å². The normalized spacial score (nSPS) is 12.1. The Morgan fingerprint density at radius 2 is 1.83 bits per heavy atom. The number of para-hydroxylation sites is 3. The first-order valence-corrected chi connectivity index (χ1v) is 7.63. The predicted octanol–water partition coefficient (Wildman–Crippen LogP) is 4.17. The number of hydrogen-bond acceptors (Lipinski definition) is 3. The van der Waals surface area contributed by atoms with Crippen LogP contribution in [0.2, 0.25) is 0 Å². The number of nitrogens with one attached hydrogen (secondary N) is 2. The lowest BCUT2D eigenvalue weighted by atomic mass is 10.0. The molecule has 4 nitrogen and oxygen atoms in total. The first-order chi connectivity index (χ1) is 11.1. The summed E-state index contributed by atoms with van der Waals surface area (Å²) in [5, 5.41) is 4.21. The molecule has 1 heterocycles. The van der Waals surface area contributed by atoms with Gasteiger partial charge in [0.25, 0.3) is 0 Å². The number of fused-ring (bicyclic) bond motifs is 1. The predicted molar refractivity (Wildman–Crippen MR) is 93.4 cm³/mol. The molecule has 118 valence electrons. The first-order valence-electron chi connectivity index (χ1n) is 7.63. The van der Waals surface area contributed by atoms with Crippen LogP contribution in [0.25, 0.3) is 10.9 Å². The number of ketones is 1. The number of ether oxygens (including phenoxy) is 1. The zero-order chi connectivity index (χ0) is 16.4. The number of hydrogen-bond donors (Lipinski definition) is 2. The molecule has 0 unspecified atom stereocenters. The highest BCUT2D eigenvalue weighted by molar-refractivity contribution is 6.12. The van der Waals surface area contributed by atoms with Crippen LogP contribution in [0.5, 0.6) is 5.75 Å². The third kappa shape index (κ3) is 2.80. The molecular weight excluding hydrogens is 288 g/mol. The topological polar surface area (TPSA) is 54.1 Å². The van der Waals surface area contributed by atoms with Gasteiger partial charge in [0.05, 0.1) is 18.8 Å². The van der Waals surface area contributed by atoms with Crippen LogP contribution >= 0.6 is 0 Å². The van der Waals surface area contributed by atoms with E-state index in [1.54, 1.807) is 7.11 Å². The Labute approximate surface area is 135 Å². The van der Waals surface area contributed by atoms with Crippen LogP contribution in [-0.4, -0.2) is 23.9 Å². The zero-order valence-corrected chi connectivity index (χ0v) is 13.5. The van der Waals surface area contributed by atoms with Crippen molar-refractivity contribution in [2.45, 2.75) is 19.9 Å². The van der Waals surface area contributed by atoms with Gasteiger partial charge in [-0.1, -0.05) is 30.3 Å². The van der Waals surface area contributed by atoms with Gasteiger partial charge < -0.3 is 15.0 Å². The summed E-state index contributed by atoms with van der Waals surface area (Å²) in [7, 11) is 1.62. The second-order valence-corrected chi connectivity index (χ2v) is 5.60. The van der Waals surface area contributed by atoms with Crippen molar-refractivity contribution >= 4 is 22.4 Å². The number of methoxy groups -OCH3 is 1. The van der Waals surface area contributed by atoms with Crippen molar-refractivity contribution < 1.29 is 9.53 Å². The number of carbonyl (C=O) groups excluding carboxylic acids is 1. The summed E-state index contributed by atoms with van der Waals surface area (Å²) >= 11 is 0. The Hall–Kier alpha value is -2.75. The van der Waals surface area contributed by atoms with Gasteiger partial charge in [0, 0.05) is 22.2 Å². The van der Waals surface area contributed by atoms with Crippen molar-refractivity contribution in [3.05, 3.63) is 59.8 Å². The number of anilines is 1. The minimum absolute atomic E-state index is 0.0610. The molecule has 0 bridgehead atoms. The van der Waals surface area contributed by atoms with Gasteiger partial charge >= 0.3 is 0 Å². The maximum absolute atomic E-state index is 12.9. The summed E-state index contributed by atoms with van der Waals surface area (Å²) in [6, 6.07) is 15.1. The van der Waals surface area contributed by atoms with Crippen molar-refractivity contribution in [3.8, 4) is 5.75 Å². The van der Waals surface area contributed by atoms with E-state index in [2.05, 4.69) is 10.3 Å². The SMILES string of the molecule is COc1ccccc1N[C@@H](C)C(=O)c1c(C)[nH]c2ccccc12. The van der Waals surface area contributed by atoms with E-state index < -0.39 is 0 Å². The van der Waals surface area contributed by atoms with Crippen LogP contribution in [0.4, 0.5) is 5.69 Å². The standard InChI is InChI=1S/C19H20N2O2/c1-12-18(14-8-4-5-9-15(14)20-12)19(22)13(2)21-16-10-6-7-11-17(16)23-3/h4-11,13,20-21H,1-3H3/t13-/m0/s1. The molecule has 0 amide bonds. The molecule has 4 heteroatoms. The molecule has 0 fully saturated rings. The fourth-order valence-electron chi connectivity index (χ4n) is 2.87. The molecule has 23 heavy (non-hydrogen) atoms. The molecule has 3 aromatic rings. The quantitative estimate of drug-likeness (QED) is 0.696. The molecular formula is C19H20N2O2. The minimum atomic E-state index is -0.357. The third-order valence-electron chi connectivity index (χ3n) is 4.01. The van der Waals surface area contributed by atoms with Crippen LogP contribution in [0.1, 0.15) is 23.0 Å². The number of H-pyrrole nitrogens is 1. The summed E-state index contributed by atoms with van der Waals surface area (Å²) in [5.41, 5.74) is 3.44. The van der Waals surface area contributed by atoms with Crippen molar-refractivity contribution in [1.82, 2.24) is 4.98 Å². The smallest absolute Gasteiger partial charge is 0.187 e. The fraction of sp³-hybridized carbons (Fsp3) is 0.211. The highest BCUT2D eigenvalue weighted by atomic mass is 16.5. The van der Waals surface area contributed by atoms with E-state index in [-0.39, 0.29) is 11.8 Å². The molecule has 0 aliphatic carbocycles. The van der Waals surface area contributed by atoms with E-state index in [0.29, 0.717) is 0 Å². The van der Waals surface area contributed by atoms with E-state index >= 15 is 0 Å². The second kappa shape index (κ2) is 6.16. The third-order valence-corrected chi connectivity index (χ3v) is 4.01. The molecule has 0 spiro atoms. The number of Topliss-reactive ketones (excluding diaryl/α,β-unsaturated/α-hetero) is 1. The summed E-state index contributed by atoms with van der Waals surface area (Å²) in [6.45, 7) is 3.80. The largest absolute Gasteiger partial charge is 0.495 e. The van der Waals surface area contributed by atoms with Gasteiger partial charge in [-0.2, -0.15) is 0 Å². The highest BCUT2D eigenvalue weighted by Gasteiger charge is 2.22. The molecule has 0 aliphatic rings. The van der Waals surface area contributed by atoms with E-state index in [1.165, 1.54) is 0 Å². The second-order valence-electron chi connectivity index (χ2n) is 5.60. The Balaban J connectivity index is 1.91. The van der Waals surface area contributed by atoms with E-state index in [0.717, 1.165) is 33.6 Å². The average Bonchev–Trinajstić information content (AvgIpc) is 2.90. The lowest BCUT2D eigenvalue weighted by Crippen LogP contribution is -2.26. The summed E-state index contributed by atoms with van der Waals surface area (Å²) < 4.78 is 5.33. The number of rotatable bonds is 5. The summed E-state index contributed by atoms with van der Waals surface area (Å²) in [6.07, 6.45) is 0. The van der Waals surface area contributed by atoms with Gasteiger partial charge in [-0.25, -0.2) is 0 Å². The molecule has 0 saturated heterocycles. The Morgan fingerprint density at radius 3 is 2.61 bits per heavy atom. The highest BCUT2D eigenvalue weighted by Crippen LogP contribution is 2.27. The van der Waals surface area contributed by atoms with Crippen molar-refractivity contribution in [2.24, 2.45) is 0 Å². The average molecular weight is 308 g/mol. The number of aryl methyl sites for hydroxylation is 1. The fourth-order valence-corrected chi connectivity index (χ4v) is 2.87. The monoisotopic (exact) mass is 308 g/mol. The zero-order valence-electron chi connectivity index (χ0n) is 13.5. The summed E-state index contributed by atoms with van der Waals surface area (Å²) in [4.78, 5) is 16.2. The van der Waals surface area contributed by atoms with Crippen molar-refractivity contribution in [2.75, 3.05) is 12.4 Å². The van der Waals surface area contributed by atoms with Gasteiger partial charge in [0.1, 0.15) is 5.75 Å². The van der Waals surface area contributed by atoms with E-state index in [4.69, 9.17) is 4.74 Å². The number of aromatic nitrogens is 1. The van der Waals surface area contributed by atoms with Crippen LogP contribution in [0, 0.1) is 6.92 Å². The number of carbonyl (C=O) groups is 1. The lowest BCUT2D eigenvalue weighted by Gasteiger charge is -2.16. The van der Waals surface area contributed by atoms with Gasteiger partial charge in [-0.15, -0.1) is 0 Å². The molecule has 3 rings (SSSR count). The van der Waals surface area contributed by atoms with Gasteiger partial charge in [0.15, 0.2) is 5.78 Å². The Morgan fingerprint density at radius 1 is 1.13 bits per heavy atom. The molecule has 0 saturated carbocycles. The minimum Gasteiger partial charge on any atom is -0.495 e. The Kier molecular flexibility index (Phi) is 4.06. The summed E-state index contributed by atoms with van der Waals surface area (Å²) in [5.74, 6) is 0.786. The molecule has 0 radical (unpaired) electrons. The van der Waals surface area contributed by atoms with Crippen molar-refractivity contribution in [3.63, 3.8) is 0 Å². The van der Waals surface area contributed by atoms with E-state index in [9.17, 15) is 4.79 Å². The van der Waals surface area contributed by atoms with Crippen LogP contribution in [0.3, 0.4) is 0 Å². The van der Waals surface area contributed by atoms with Crippen LogP contribution < -0.4 is 10.1 Å². The first kappa shape index (κ1) is 15.2.